The van der Waals surface area contributed by atoms with Gasteiger partial charge >= 0.3 is 12.1 Å². The number of halogens is 4. The average molecular weight is 402 g/mol. The molecule has 1 aromatic carbocycles. The number of rotatable bonds is 1. The second-order valence-corrected chi connectivity index (χ2v) is 5.49. The fraction of sp³-hybridized carbons (Fsp3) is 0.0667. The van der Waals surface area contributed by atoms with E-state index in [1.165, 1.54) is 0 Å². The number of hydrogen-bond donors (Lipinski definition) is 2. The molecule has 0 unspecified atom stereocenters. The van der Waals surface area contributed by atoms with Crippen LogP contribution < -0.4 is 5.73 Å². The lowest BCUT2D eigenvalue weighted by Crippen LogP contribution is -2.21. The van der Waals surface area contributed by atoms with Crippen LogP contribution in [-0.4, -0.2) is 26.6 Å². The first kappa shape index (κ1) is 17.8. The zero-order chi connectivity index (χ0) is 17.9. The van der Waals surface area contributed by atoms with E-state index in [1.54, 1.807) is 0 Å². The van der Waals surface area contributed by atoms with Crippen LogP contribution >= 0.6 is 15.9 Å². The minimum absolute atomic E-state index is 0.697. The molecule has 2 heterocycles. The van der Waals surface area contributed by atoms with Crippen molar-refractivity contribution in [1.82, 2.24) is 9.38 Å². The Kier molecular flexibility index (Phi) is 5.13. The Hall–Kier alpha value is -2.55. The van der Waals surface area contributed by atoms with Crippen LogP contribution in [0.3, 0.4) is 0 Å². The second kappa shape index (κ2) is 6.91. The summed E-state index contributed by atoms with van der Waals surface area (Å²) in [5, 5.41) is 7.12. The van der Waals surface area contributed by atoms with Gasteiger partial charge in [-0.15, -0.1) is 0 Å². The smallest absolute Gasteiger partial charge is 0.475 e. The van der Waals surface area contributed by atoms with E-state index >= 15 is 0 Å². The van der Waals surface area contributed by atoms with E-state index in [4.69, 9.17) is 15.6 Å². The molecule has 0 atom stereocenters. The Bertz CT molecular complexity index is 825. The molecule has 2 aromatic heterocycles. The number of anilines is 1. The summed E-state index contributed by atoms with van der Waals surface area (Å²) in [5.74, 6) is -2.76. The molecule has 9 heteroatoms. The summed E-state index contributed by atoms with van der Waals surface area (Å²) in [5.41, 5.74) is 9.43. The van der Waals surface area contributed by atoms with E-state index in [0.29, 0.717) is 5.69 Å². The average Bonchev–Trinajstić information content (AvgIpc) is 2.91. The molecular weight excluding hydrogens is 391 g/mol. The number of imidazole rings is 1. The van der Waals surface area contributed by atoms with Gasteiger partial charge in [0.15, 0.2) is 0 Å². The van der Waals surface area contributed by atoms with Gasteiger partial charge in [-0.3, -0.25) is 0 Å². The third-order valence-electron chi connectivity index (χ3n) is 2.89. The number of aromatic nitrogens is 2. The summed E-state index contributed by atoms with van der Waals surface area (Å²) < 4.78 is 34.6. The van der Waals surface area contributed by atoms with Crippen molar-refractivity contribution in [2.45, 2.75) is 6.18 Å². The third kappa shape index (κ3) is 4.25. The van der Waals surface area contributed by atoms with Gasteiger partial charge in [-0.2, -0.15) is 13.2 Å². The number of carboxylic acids is 1. The quantitative estimate of drug-likeness (QED) is 0.646. The summed E-state index contributed by atoms with van der Waals surface area (Å²) in [7, 11) is 0. The zero-order valence-electron chi connectivity index (χ0n) is 12.0. The van der Waals surface area contributed by atoms with Crippen molar-refractivity contribution in [2.24, 2.45) is 0 Å². The minimum Gasteiger partial charge on any atom is -0.475 e. The molecule has 0 saturated heterocycles. The maximum absolute atomic E-state index is 10.6. The standard InChI is InChI=1S/C13H10BrN3.C2HF3O2/c14-10-7-17-8-12(9-4-2-1-3-5-9)16-13(17)6-11(10)15;3-2(4,5)1(6)7/h1-8H,15H2;(H,6,7). The van der Waals surface area contributed by atoms with Crippen LogP contribution in [-0.2, 0) is 4.79 Å². The molecular formula is C15H11BrF3N3O2. The largest absolute Gasteiger partial charge is 0.490 e. The van der Waals surface area contributed by atoms with Crippen LogP contribution in [0.1, 0.15) is 0 Å². The van der Waals surface area contributed by atoms with Gasteiger partial charge in [-0.05, 0) is 15.9 Å². The lowest BCUT2D eigenvalue weighted by atomic mass is 10.2. The van der Waals surface area contributed by atoms with E-state index in [9.17, 15) is 13.2 Å². The Morgan fingerprint density at radius 2 is 1.79 bits per heavy atom. The summed E-state index contributed by atoms with van der Waals surface area (Å²) in [6.45, 7) is 0. The first-order chi connectivity index (χ1) is 11.2. The van der Waals surface area contributed by atoms with E-state index in [-0.39, 0.29) is 0 Å². The number of benzene rings is 1. The van der Waals surface area contributed by atoms with E-state index in [0.717, 1.165) is 21.4 Å². The first-order valence-electron chi connectivity index (χ1n) is 6.47. The van der Waals surface area contributed by atoms with E-state index < -0.39 is 12.1 Å². The second-order valence-electron chi connectivity index (χ2n) is 4.64. The fourth-order valence-electron chi connectivity index (χ4n) is 1.77. The highest BCUT2D eigenvalue weighted by atomic mass is 79.9. The van der Waals surface area contributed by atoms with Crippen LogP contribution in [0.4, 0.5) is 18.9 Å². The molecule has 0 aliphatic rings. The number of fused-ring (bicyclic) bond motifs is 1. The lowest BCUT2D eigenvalue weighted by Gasteiger charge is -1.98. The van der Waals surface area contributed by atoms with Crippen molar-refractivity contribution < 1.29 is 23.1 Å². The molecule has 24 heavy (non-hydrogen) atoms. The van der Waals surface area contributed by atoms with Gasteiger partial charge in [0.25, 0.3) is 0 Å². The molecule has 0 spiro atoms. The van der Waals surface area contributed by atoms with Crippen molar-refractivity contribution >= 4 is 33.2 Å². The van der Waals surface area contributed by atoms with Gasteiger partial charge in [0.2, 0.25) is 0 Å². The molecule has 3 rings (SSSR count). The molecule has 0 amide bonds. The van der Waals surface area contributed by atoms with Gasteiger partial charge in [-0.1, -0.05) is 30.3 Å². The van der Waals surface area contributed by atoms with Crippen LogP contribution in [0.25, 0.3) is 16.9 Å². The minimum atomic E-state index is -5.08. The number of carboxylic acid groups (broad SMARTS) is 1. The number of nitrogens with two attached hydrogens (primary N) is 1. The SMILES string of the molecule is Nc1cc2nc(-c3ccccc3)cn2cc1Br.O=C(O)C(F)(F)F. The van der Waals surface area contributed by atoms with Crippen LogP contribution in [0, 0.1) is 0 Å². The molecule has 5 nitrogen and oxygen atoms in total. The summed E-state index contributed by atoms with van der Waals surface area (Å²) in [6.07, 6.45) is -1.17. The predicted molar refractivity (Wildman–Crippen MR) is 86.4 cm³/mol. The van der Waals surface area contributed by atoms with Gasteiger partial charge in [-0.25, -0.2) is 9.78 Å². The van der Waals surface area contributed by atoms with Gasteiger partial charge < -0.3 is 15.2 Å². The van der Waals surface area contributed by atoms with Crippen molar-refractivity contribution in [3.63, 3.8) is 0 Å². The Morgan fingerprint density at radius 3 is 2.33 bits per heavy atom. The molecule has 126 valence electrons. The predicted octanol–water partition coefficient (Wildman–Crippen LogP) is 3.98. The molecule has 0 aliphatic carbocycles. The van der Waals surface area contributed by atoms with Crippen LogP contribution in [0.5, 0.6) is 0 Å². The maximum atomic E-state index is 10.6. The number of hydrogen-bond acceptors (Lipinski definition) is 3. The Morgan fingerprint density at radius 1 is 1.21 bits per heavy atom. The molecule has 0 fully saturated rings. The monoisotopic (exact) mass is 401 g/mol. The number of carbonyl (C=O) groups is 1. The normalized spacial score (nSPS) is 11.0. The molecule has 0 aliphatic heterocycles. The highest BCUT2D eigenvalue weighted by Crippen LogP contribution is 2.24. The topological polar surface area (TPSA) is 80.6 Å². The number of aliphatic carboxylic acids is 1. The summed E-state index contributed by atoms with van der Waals surface area (Å²) >= 11 is 3.41. The number of nitrogen functional groups attached to an aromatic ring is 1. The van der Waals surface area contributed by atoms with Crippen molar-refractivity contribution in [1.29, 1.82) is 0 Å². The molecule has 0 saturated carbocycles. The van der Waals surface area contributed by atoms with Gasteiger partial charge in [0.1, 0.15) is 5.65 Å². The first-order valence-corrected chi connectivity index (χ1v) is 7.27. The highest BCUT2D eigenvalue weighted by molar-refractivity contribution is 9.10. The van der Waals surface area contributed by atoms with Crippen LogP contribution in [0.15, 0.2) is 53.3 Å². The fourth-order valence-corrected chi connectivity index (χ4v) is 2.11. The molecule has 3 N–H and O–H groups in total. The lowest BCUT2D eigenvalue weighted by molar-refractivity contribution is -0.192. The summed E-state index contributed by atoms with van der Waals surface area (Å²) in [4.78, 5) is 13.4. The third-order valence-corrected chi connectivity index (χ3v) is 3.55. The van der Waals surface area contributed by atoms with Gasteiger partial charge in [0.05, 0.1) is 15.9 Å². The number of alkyl halides is 3. The van der Waals surface area contributed by atoms with Crippen molar-refractivity contribution in [3.05, 3.63) is 53.3 Å². The maximum Gasteiger partial charge on any atom is 0.490 e. The van der Waals surface area contributed by atoms with E-state index in [2.05, 4.69) is 20.9 Å². The number of pyridine rings is 1. The molecule has 0 radical (unpaired) electrons. The van der Waals surface area contributed by atoms with E-state index in [1.807, 2.05) is 53.2 Å². The van der Waals surface area contributed by atoms with Crippen molar-refractivity contribution in [3.8, 4) is 11.3 Å². The Balaban J connectivity index is 0.000000256. The molecule has 3 aromatic rings. The Labute approximate surface area is 142 Å². The zero-order valence-corrected chi connectivity index (χ0v) is 13.5. The van der Waals surface area contributed by atoms with Gasteiger partial charge in [0, 0.05) is 24.0 Å². The van der Waals surface area contributed by atoms with Crippen LogP contribution in [0.2, 0.25) is 0 Å². The summed E-state index contributed by atoms with van der Waals surface area (Å²) in [6, 6.07) is 11.9. The highest BCUT2D eigenvalue weighted by Gasteiger charge is 2.38. The van der Waals surface area contributed by atoms with Crippen molar-refractivity contribution in [2.75, 3.05) is 5.73 Å². The molecule has 0 bridgehead atoms. The number of nitrogens with zero attached hydrogens (tertiary/aromatic N) is 2.